The van der Waals surface area contributed by atoms with Crippen molar-refractivity contribution in [2.45, 2.75) is 20.8 Å². The highest BCUT2D eigenvalue weighted by atomic mass is 15.2. The molecule has 0 spiro atoms. The van der Waals surface area contributed by atoms with E-state index in [9.17, 15) is 0 Å². The second kappa shape index (κ2) is 5.71. The van der Waals surface area contributed by atoms with Crippen LogP contribution in [-0.2, 0) is 0 Å². The molecular formula is C12H21N3. The Balaban J connectivity index is 2.74. The van der Waals surface area contributed by atoms with E-state index in [0.717, 1.165) is 18.9 Å². The molecule has 0 amide bonds. The van der Waals surface area contributed by atoms with Gasteiger partial charge in [-0.3, -0.25) is 0 Å². The van der Waals surface area contributed by atoms with Crippen LogP contribution in [0.3, 0.4) is 0 Å². The summed E-state index contributed by atoms with van der Waals surface area (Å²) in [5, 5.41) is 0. The van der Waals surface area contributed by atoms with Gasteiger partial charge in [0.1, 0.15) is 5.82 Å². The molecule has 1 rings (SSSR count). The van der Waals surface area contributed by atoms with Gasteiger partial charge in [-0.1, -0.05) is 19.9 Å². The maximum atomic E-state index is 5.60. The van der Waals surface area contributed by atoms with Gasteiger partial charge >= 0.3 is 0 Å². The van der Waals surface area contributed by atoms with Crippen LogP contribution in [0.15, 0.2) is 18.3 Å². The summed E-state index contributed by atoms with van der Waals surface area (Å²) in [6, 6.07) is 4.15. The summed E-state index contributed by atoms with van der Waals surface area (Å²) in [6.45, 7) is 9.01. The molecule has 0 bridgehead atoms. The van der Waals surface area contributed by atoms with Gasteiger partial charge in [-0.25, -0.2) is 4.98 Å². The first-order chi connectivity index (χ1) is 7.13. The van der Waals surface area contributed by atoms with Gasteiger partial charge in [-0.2, -0.15) is 0 Å². The van der Waals surface area contributed by atoms with E-state index in [0.29, 0.717) is 12.5 Å². The molecule has 1 aromatic heterocycles. The van der Waals surface area contributed by atoms with Crippen LogP contribution in [0.4, 0.5) is 5.82 Å². The number of rotatable bonds is 5. The lowest BCUT2D eigenvalue weighted by molar-refractivity contribution is 0.607. The lowest BCUT2D eigenvalue weighted by atomic mass is 10.2. The monoisotopic (exact) mass is 207 g/mol. The highest BCUT2D eigenvalue weighted by molar-refractivity contribution is 5.39. The molecule has 1 heterocycles. The minimum atomic E-state index is 0.625. The average Bonchev–Trinajstić information content (AvgIpc) is 2.17. The fraction of sp³-hybridized carbons (Fsp3) is 0.583. The summed E-state index contributed by atoms with van der Waals surface area (Å²) in [7, 11) is 0. The highest BCUT2D eigenvalue weighted by Gasteiger charge is 2.08. The lowest BCUT2D eigenvalue weighted by Crippen LogP contribution is -2.33. The third-order valence-corrected chi connectivity index (χ3v) is 2.20. The van der Waals surface area contributed by atoms with Crippen molar-refractivity contribution in [2.75, 3.05) is 24.5 Å². The minimum Gasteiger partial charge on any atom is -0.355 e. The van der Waals surface area contributed by atoms with Crippen molar-refractivity contribution in [3.05, 3.63) is 23.9 Å². The van der Waals surface area contributed by atoms with Crippen LogP contribution in [0, 0.1) is 12.8 Å². The summed E-state index contributed by atoms with van der Waals surface area (Å²) in [4.78, 5) is 6.66. The lowest BCUT2D eigenvalue weighted by Gasteiger charge is -2.25. The summed E-state index contributed by atoms with van der Waals surface area (Å²) in [5.74, 6) is 1.65. The van der Waals surface area contributed by atoms with E-state index in [-0.39, 0.29) is 0 Å². The Morgan fingerprint density at radius 1 is 1.40 bits per heavy atom. The minimum absolute atomic E-state index is 0.625. The number of nitrogens with two attached hydrogens (primary N) is 1. The highest BCUT2D eigenvalue weighted by Crippen LogP contribution is 2.12. The van der Waals surface area contributed by atoms with Gasteiger partial charge in [-0.15, -0.1) is 0 Å². The van der Waals surface area contributed by atoms with Crippen LogP contribution in [0.2, 0.25) is 0 Å². The number of hydrogen-bond acceptors (Lipinski definition) is 3. The molecule has 0 fully saturated rings. The van der Waals surface area contributed by atoms with Gasteiger partial charge in [-0.05, 0) is 24.5 Å². The van der Waals surface area contributed by atoms with Crippen LogP contribution in [0.25, 0.3) is 0 Å². The molecule has 0 aromatic carbocycles. The third kappa shape index (κ3) is 3.88. The molecule has 0 saturated heterocycles. The van der Waals surface area contributed by atoms with Gasteiger partial charge in [0.05, 0.1) is 0 Å². The number of nitrogens with zero attached hydrogens (tertiary/aromatic N) is 2. The molecule has 0 aliphatic heterocycles. The molecule has 1 aromatic rings. The van der Waals surface area contributed by atoms with Crippen LogP contribution in [0.5, 0.6) is 0 Å². The molecule has 2 N–H and O–H groups in total. The first-order valence-corrected chi connectivity index (χ1v) is 5.51. The Hall–Kier alpha value is -1.09. The van der Waals surface area contributed by atoms with Crippen molar-refractivity contribution in [3.63, 3.8) is 0 Å². The number of anilines is 1. The summed E-state index contributed by atoms with van der Waals surface area (Å²) < 4.78 is 0. The number of pyridine rings is 1. The van der Waals surface area contributed by atoms with E-state index in [1.807, 2.05) is 13.1 Å². The summed E-state index contributed by atoms with van der Waals surface area (Å²) >= 11 is 0. The molecule has 3 nitrogen and oxygen atoms in total. The molecule has 0 aliphatic carbocycles. The molecule has 0 atom stereocenters. The fourth-order valence-corrected chi connectivity index (χ4v) is 1.54. The van der Waals surface area contributed by atoms with Crippen molar-refractivity contribution in [1.29, 1.82) is 0 Å². The Morgan fingerprint density at radius 3 is 2.60 bits per heavy atom. The van der Waals surface area contributed by atoms with Crippen LogP contribution >= 0.6 is 0 Å². The first kappa shape index (κ1) is 12.0. The molecule has 3 heteroatoms. The van der Waals surface area contributed by atoms with E-state index in [1.54, 1.807) is 0 Å². The van der Waals surface area contributed by atoms with Crippen molar-refractivity contribution >= 4 is 5.82 Å². The van der Waals surface area contributed by atoms with Crippen molar-refractivity contribution in [3.8, 4) is 0 Å². The van der Waals surface area contributed by atoms with Gasteiger partial charge in [0.2, 0.25) is 0 Å². The van der Waals surface area contributed by atoms with E-state index in [2.05, 4.69) is 35.9 Å². The van der Waals surface area contributed by atoms with Crippen LogP contribution in [-0.4, -0.2) is 24.6 Å². The SMILES string of the molecule is Cc1ccc(N(CCN)CC(C)C)nc1. The standard InChI is InChI=1S/C12H21N3/c1-10(2)9-15(7-6-13)12-5-4-11(3)8-14-12/h4-5,8,10H,6-7,9,13H2,1-3H3. The Morgan fingerprint density at radius 2 is 2.13 bits per heavy atom. The quantitative estimate of drug-likeness (QED) is 0.800. The Bertz CT molecular complexity index is 279. The van der Waals surface area contributed by atoms with Crippen molar-refractivity contribution in [1.82, 2.24) is 4.98 Å². The fourth-order valence-electron chi connectivity index (χ4n) is 1.54. The van der Waals surface area contributed by atoms with Gasteiger partial charge in [0.25, 0.3) is 0 Å². The van der Waals surface area contributed by atoms with E-state index >= 15 is 0 Å². The smallest absolute Gasteiger partial charge is 0.128 e. The zero-order valence-corrected chi connectivity index (χ0v) is 9.90. The number of aromatic nitrogens is 1. The average molecular weight is 207 g/mol. The molecule has 0 saturated carbocycles. The maximum absolute atomic E-state index is 5.60. The van der Waals surface area contributed by atoms with Gasteiger partial charge < -0.3 is 10.6 Å². The zero-order chi connectivity index (χ0) is 11.3. The molecule has 0 aliphatic rings. The zero-order valence-electron chi connectivity index (χ0n) is 9.90. The summed E-state index contributed by atoms with van der Waals surface area (Å²) in [5.41, 5.74) is 6.79. The number of hydrogen-bond donors (Lipinski definition) is 1. The van der Waals surface area contributed by atoms with Gasteiger partial charge in [0.15, 0.2) is 0 Å². The third-order valence-electron chi connectivity index (χ3n) is 2.20. The summed E-state index contributed by atoms with van der Waals surface area (Å²) in [6.07, 6.45) is 1.90. The molecule has 0 radical (unpaired) electrons. The molecule has 15 heavy (non-hydrogen) atoms. The molecule has 0 unspecified atom stereocenters. The topological polar surface area (TPSA) is 42.1 Å². The largest absolute Gasteiger partial charge is 0.355 e. The second-order valence-corrected chi connectivity index (χ2v) is 4.32. The molecule has 84 valence electrons. The Labute approximate surface area is 92.3 Å². The molecular weight excluding hydrogens is 186 g/mol. The Kier molecular flexibility index (Phi) is 4.56. The predicted octanol–water partition coefficient (Wildman–Crippen LogP) is 1.81. The van der Waals surface area contributed by atoms with Crippen molar-refractivity contribution < 1.29 is 0 Å². The predicted molar refractivity (Wildman–Crippen MR) is 65.1 cm³/mol. The first-order valence-electron chi connectivity index (χ1n) is 5.51. The van der Waals surface area contributed by atoms with Crippen molar-refractivity contribution in [2.24, 2.45) is 11.7 Å². The van der Waals surface area contributed by atoms with E-state index < -0.39 is 0 Å². The number of aryl methyl sites for hydroxylation is 1. The maximum Gasteiger partial charge on any atom is 0.128 e. The second-order valence-electron chi connectivity index (χ2n) is 4.32. The van der Waals surface area contributed by atoms with Crippen LogP contribution < -0.4 is 10.6 Å². The van der Waals surface area contributed by atoms with E-state index in [1.165, 1.54) is 5.56 Å². The normalized spacial score (nSPS) is 10.7. The van der Waals surface area contributed by atoms with E-state index in [4.69, 9.17) is 5.73 Å². The van der Waals surface area contributed by atoms with Gasteiger partial charge in [0, 0.05) is 25.8 Å². The van der Waals surface area contributed by atoms with Crippen LogP contribution in [0.1, 0.15) is 19.4 Å².